The fourth-order valence-corrected chi connectivity index (χ4v) is 4.99. The molecule has 1 saturated heterocycles. The molecule has 1 aromatic heterocycles. The molecule has 204 valence electrons. The van der Waals surface area contributed by atoms with E-state index in [-0.39, 0.29) is 17.8 Å². The number of carbonyl (C=O) groups is 1. The minimum atomic E-state index is -0.257. The third kappa shape index (κ3) is 6.38. The first-order valence-corrected chi connectivity index (χ1v) is 13.3. The van der Waals surface area contributed by atoms with E-state index in [0.717, 1.165) is 59.6 Å². The molecule has 4 aromatic rings. The summed E-state index contributed by atoms with van der Waals surface area (Å²) in [6.45, 7) is 6.41. The summed E-state index contributed by atoms with van der Waals surface area (Å²) in [5, 5.41) is 14.6. The van der Waals surface area contributed by atoms with E-state index >= 15 is 0 Å². The second-order valence-corrected chi connectivity index (χ2v) is 10.2. The van der Waals surface area contributed by atoms with Gasteiger partial charge in [0.05, 0.1) is 17.7 Å². The maximum Gasteiger partial charge on any atom is 0.258 e. The number of amides is 1. The third-order valence-electron chi connectivity index (χ3n) is 7.09. The molecule has 1 fully saturated rings. The smallest absolute Gasteiger partial charge is 0.258 e. The van der Waals surface area contributed by atoms with Crippen molar-refractivity contribution in [2.24, 2.45) is 0 Å². The van der Waals surface area contributed by atoms with Crippen LogP contribution in [-0.2, 0) is 11.2 Å². The van der Waals surface area contributed by atoms with E-state index in [2.05, 4.69) is 37.7 Å². The van der Waals surface area contributed by atoms with Gasteiger partial charge in [-0.2, -0.15) is 5.10 Å². The number of nitrogens with one attached hydrogen (secondary N) is 3. The molecule has 8 nitrogen and oxygen atoms in total. The molecule has 9 heteroatoms. The average molecular weight is 531 g/mol. The molecule has 0 bridgehead atoms. The van der Waals surface area contributed by atoms with E-state index in [1.54, 1.807) is 13.2 Å². The monoisotopic (exact) mass is 530 g/mol. The predicted octanol–water partition coefficient (Wildman–Crippen LogP) is 4.74. The molecule has 0 spiro atoms. The first-order chi connectivity index (χ1) is 18.9. The van der Waals surface area contributed by atoms with Crippen LogP contribution in [0.2, 0.25) is 0 Å². The Kier molecular flexibility index (Phi) is 8.09. The van der Waals surface area contributed by atoms with Crippen molar-refractivity contribution < 1.29 is 13.9 Å². The van der Waals surface area contributed by atoms with Crippen LogP contribution in [0.1, 0.15) is 28.4 Å². The third-order valence-corrected chi connectivity index (χ3v) is 7.09. The van der Waals surface area contributed by atoms with Crippen molar-refractivity contribution >= 4 is 34.0 Å². The van der Waals surface area contributed by atoms with E-state index in [0.29, 0.717) is 24.4 Å². The number of fused-ring (bicyclic) bond motifs is 1. The minimum absolute atomic E-state index is 0.0147. The molecule has 1 amide bonds. The van der Waals surface area contributed by atoms with Crippen LogP contribution < -0.4 is 15.5 Å². The number of aromatic amines is 1. The molecular formula is C30H35FN6O2. The molecule has 0 saturated carbocycles. The van der Waals surface area contributed by atoms with Crippen LogP contribution in [-0.4, -0.2) is 74.0 Å². The maximum atomic E-state index is 13.7. The number of rotatable bonds is 9. The molecule has 5 rings (SSSR count). The highest BCUT2D eigenvalue weighted by Gasteiger charge is 2.20. The first kappa shape index (κ1) is 26.6. The van der Waals surface area contributed by atoms with Crippen molar-refractivity contribution in [2.45, 2.75) is 19.4 Å². The van der Waals surface area contributed by atoms with Gasteiger partial charge in [-0.25, -0.2) is 4.39 Å². The lowest BCUT2D eigenvalue weighted by molar-refractivity contribution is 0.102. The topological polar surface area (TPSA) is 85.5 Å². The van der Waals surface area contributed by atoms with E-state index < -0.39 is 0 Å². The second-order valence-electron chi connectivity index (χ2n) is 10.2. The van der Waals surface area contributed by atoms with E-state index in [1.807, 2.05) is 49.4 Å². The molecule has 0 aliphatic carbocycles. The Hall–Kier alpha value is -3.95. The molecule has 1 aliphatic rings. The van der Waals surface area contributed by atoms with Crippen LogP contribution in [0.5, 0.6) is 0 Å². The molecule has 2 heterocycles. The predicted molar refractivity (Wildman–Crippen MR) is 154 cm³/mol. The highest BCUT2D eigenvalue weighted by atomic mass is 19.1. The van der Waals surface area contributed by atoms with Gasteiger partial charge in [-0.05, 0) is 74.0 Å². The molecule has 0 radical (unpaired) electrons. The van der Waals surface area contributed by atoms with Crippen molar-refractivity contribution in [2.75, 3.05) is 62.5 Å². The number of benzene rings is 3. The Balaban J connectivity index is 1.39. The van der Waals surface area contributed by atoms with Crippen molar-refractivity contribution in [3.63, 3.8) is 0 Å². The molecular weight excluding hydrogens is 495 g/mol. The largest absolute Gasteiger partial charge is 0.383 e. The van der Waals surface area contributed by atoms with Gasteiger partial charge in [0, 0.05) is 56.1 Å². The van der Waals surface area contributed by atoms with E-state index in [9.17, 15) is 9.18 Å². The van der Waals surface area contributed by atoms with Gasteiger partial charge in [-0.3, -0.25) is 9.89 Å². The Morgan fingerprint density at radius 2 is 1.87 bits per heavy atom. The lowest BCUT2D eigenvalue weighted by Crippen LogP contribution is -2.44. The lowest BCUT2D eigenvalue weighted by atomic mass is 10.0. The van der Waals surface area contributed by atoms with Gasteiger partial charge in [0.25, 0.3) is 5.91 Å². The Labute approximate surface area is 228 Å². The van der Waals surface area contributed by atoms with Gasteiger partial charge in [0.15, 0.2) is 5.82 Å². The SMILES string of the molecule is COCC(C)Nc1cc(N2CCN(C)CC2)ccc1C(=O)Nc1n[nH]c2ccc(Cc3cccc(F)c3)cc12. The highest BCUT2D eigenvalue weighted by molar-refractivity contribution is 6.11. The van der Waals surface area contributed by atoms with Crippen LogP contribution in [0.3, 0.4) is 0 Å². The van der Waals surface area contributed by atoms with E-state index in [4.69, 9.17) is 4.74 Å². The summed E-state index contributed by atoms with van der Waals surface area (Å²) in [4.78, 5) is 18.2. The number of aromatic nitrogens is 2. The van der Waals surface area contributed by atoms with Gasteiger partial charge in [-0.15, -0.1) is 0 Å². The number of carbonyl (C=O) groups excluding carboxylic acids is 1. The van der Waals surface area contributed by atoms with Crippen LogP contribution >= 0.6 is 0 Å². The zero-order chi connectivity index (χ0) is 27.4. The van der Waals surface area contributed by atoms with Crippen LogP contribution in [0.15, 0.2) is 60.7 Å². The maximum absolute atomic E-state index is 13.7. The number of likely N-dealkylation sites (N-methyl/N-ethyl adjacent to an activating group) is 1. The van der Waals surface area contributed by atoms with Crippen molar-refractivity contribution in [3.8, 4) is 0 Å². The number of ether oxygens (including phenoxy) is 1. The number of piperazine rings is 1. The molecule has 1 atom stereocenters. The number of anilines is 3. The quantitative estimate of drug-likeness (QED) is 0.290. The van der Waals surface area contributed by atoms with Crippen LogP contribution in [0, 0.1) is 5.82 Å². The molecule has 1 aliphatic heterocycles. The average Bonchev–Trinajstić information content (AvgIpc) is 3.31. The van der Waals surface area contributed by atoms with Gasteiger partial charge in [-0.1, -0.05) is 18.2 Å². The summed E-state index contributed by atoms with van der Waals surface area (Å²) in [7, 11) is 3.80. The fraction of sp³-hybridized carbons (Fsp3) is 0.333. The number of halogens is 1. The van der Waals surface area contributed by atoms with Gasteiger partial charge in [0.2, 0.25) is 0 Å². The summed E-state index contributed by atoms with van der Waals surface area (Å²) < 4.78 is 19.0. The normalized spacial score (nSPS) is 14.9. The number of hydrogen-bond acceptors (Lipinski definition) is 6. The Morgan fingerprint density at radius 1 is 1.08 bits per heavy atom. The zero-order valence-electron chi connectivity index (χ0n) is 22.6. The van der Waals surface area contributed by atoms with Gasteiger partial charge < -0.3 is 25.2 Å². The zero-order valence-corrected chi connectivity index (χ0v) is 22.6. The van der Waals surface area contributed by atoms with Crippen molar-refractivity contribution in [1.82, 2.24) is 15.1 Å². The lowest BCUT2D eigenvalue weighted by Gasteiger charge is -2.34. The highest BCUT2D eigenvalue weighted by Crippen LogP contribution is 2.28. The molecule has 39 heavy (non-hydrogen) atoms. The molecule has 3 N–H and O–H groups in total. The standard InChI is InChI=1S/C30H35FN6O2/c1-20(19-39-3)32-28-18-24(37-13-11-36(2)12-14-37)8-9-25(28)30(38)33-29-26-17-22(7-10-27(26)34-35-29)15-21-5-4-6-23(31)16-21/h4-10,16-18,20,32H,11-15,19H2,1-3H3,(H2,33,34,35,38). The van der Waals surface area contributed by atoms with Crippen molar-refractivity contribution in [3.05, 3.63) is 83.2 Å². The summed E-state index contributed by atoms with van der Waals surface area (Å²) in [6, 6.07) is 18.4. The Bertz CT molecular complexity index is 1450. The second kappa shape index (κ2) is 11.8. The van der Waals surface area contributed by atoms with Crippen LogP contribution in [0.25, 0.3) is 10.9 Å². The molecule has 3 aromatic carbocycles. The van der Waals surface area contributed by atoms with Crippen molar-refractivity contribution in [1.29, 1.82) is 0 Å². The first-order valence-electron chi connectivity index (χ1n) is 13.3. The Morgan fingerprint density at radius 3 is 2.64 bits per heavy atom. The van der Waals surface area contributed by atoms with Gasteiger partial charge in [0.1, 0.15) is 5.82 Å². The molecule has 1 unspecified atom stereocenters. The number of nitrogens with zero attached hydrogens (tertiary/aromatic N) is 3. The number of H-pyrrole nitrogens is 1. The van der Waals surface area contributed by atoms with Crippen LogP contribution in [0.4, 0.5) is 21.6 Å². The summed E-state index contributed by atoms with van der Waals surface area (Å²) in [6.07, 6.45) is 0.575. The number of methoxy groups -OCH3 is 1. The summed E-state index contributed by atoms with van der Waals surface area (Å²) in [5.74, 6) is -0.0566. The van der Waals surface area contributed by atoms with Gasteiger partial charge >= 0.3 is 0 Å². The summed E-state index contributed by atoms with van der Waals surface area (Å²) in [5.41, 5.74) is 5.05. The summed E-state index contributed by atoms with van der Waals surface area (Å²) >= 11 is 0. The van der Waals surface area contributed by atoms with E-state index in [1.165, 1.54) is 12.1 Å². The number of hydrogen-bond donors (Lipinski definition) is 3. The minimum Gasteiger partial charge on any atom is -0.383 e. The fourth-order valence-electron chi connectivity index (χ4n) is 4.99.